The number of nitrogens with one attached hydrogen (secondary N) is 2. The number of likely N-dealkylation sites (tertiary alicyclic amines) is 1. The first-order valence-corrected chi connectivity index (χ1v) is 11.5. The molecule has 4 aromatic rings. The molecule has 0 spiro atoms. The Bertz CT molecular complexity index is 1370. The van der Waals surface area contributed by atoms with E-state index >= 15 is 0 Å². The Kier molecular flexibility index (Phi) is 6.31. The fourth-order valence-electron chi connectivity index (χ4n) is 4.46. The molecule has 7 nitrogen and oxygen atoms in total. The van der Waals surface area contributed by atoms with Gasteiger partial charge >= 0.3 is 0 Å². The number of halogens is 2. The number of H-pyrrole nitrogens is 1. The van der Waals surface area contributed by atoms with E-state index in [-0.39, 0.29) is 23.9 Å². The van der Waals surface area contributed by atoms with Crippen molar-refractivity contribution in [2.45, 2.75) is 25.3 Å². The van der Waals surface area contributed by atoms with Crippen molar-refractivity contribution in [3.63, 3.8) is 0 Å². The Morgan fingerprint density at radius 3 is 2.74 bits per heavy atom. The number of anilines is 1. The van der Waals surface area contributed by atoms with Gasteiger partial charge in [0.2, 0.25) is 11.9 Å². The summed E-state index contributed by atoms with van der Waals surface area (Å²) in [5.41, 5.74) is 2.85. The third-order valence-electron chi connectivity index (χ3n) is 6.37. The Labute approximate surface area is 201 Å². The summed E-state index contributed by atoms with van der Waals surface area (Å²) in [7, 11) is 1.64. The molecule has 0 radical (unpaired) electrons. The largest absolute Gasteiger partial charge is 0.496 e. The standard InChI is InChI=1S/C26H25F2N5O2/c1-35-23-5-3-2-4-19(23)20-14-29-25-21(20)15-30-26(32-25)31-18-8-10-33(11-9-18)24(34)12-16-6-7-17(27)13-22(16)28/h2-7,13-15,18H,8-12H2,1H3,(H2,29,30,31,32). The lowest BCUT2D eigenvalue weighted by molar-refractivity contribution is -0.131. The summed E-state index contributed by atoms with van der Waals surface area (Å²) in [5.74, 6) is -0.216. The molecule has 5 rings (SSSR count). The summed E-state index contributed by atoms with van der Waals surface area (Å²) >= 11 is 0. The quantitative estimate of drug-likeness (QED) is 0.426. The van der Waals surface area contributed by atoms with E-state index in [0.717, 1.165) is 46.8 Å². The van der Waals surface area contributed by atoms with E-state index in [1.54, 1.807) is 18.2 Å². The Balaban J connectivity index is 1.21. The molecule has 180 valence electrons. The van der Waals surface area contributed by atoms with Gasteiger partial charge in [0, 0.05) is 54.1 Å². The molecular formula is C26H25F2N5O2. The van der Waals surface area contributed by atoms with E-state index in [1.165, 1.54) is 12.1 Å². The predicted molar refractivity (Wildman–Crippen MR) is 129 cm³/mol. The molecule has 0 aliphatic carbocycles. The fraction of sp³-hybridized carbons (Fsp3) is 0.269. The van der Waals surface area contributed by atoms with Crippen molar-refractivity contribution in [2.75, 3.05) is 25.5 Å². The molecule has 1 fully saturated rings. The first kappa shape index (κ1) is 22.8. The van der Waals surface area contributed by atoms with Crippen molar-refractivity contribution in [2.24, 2.45) is 0 Å². The minimum atomic E-state index is -0.694. The van der Waals surface area contributed by atoms with Gasteiger partial charge in [-0.05, 0) is 30.5 Å². The van der Waals surface area contributed by atoms with Crippen LogP contribution in [0.3, 0.4) is 0 Å². The summed E-state index contributed by atoms with van der Waals surface area (Å²) in [4.78, 5) is 26.7. The molecule has 9 heteroatoms. The Morgan fingerprint density at radius 1 is 1.17 bits per heavy atom. The van der Waals surface area contributed by atoms with Crippen LogP contribution in [-0.4, -0.2) is 52.0 Å². The molecule has 0 atom stereocenters. The van der Waals surface area contributed by atoms with Crippen molar-refractivity contribution in [3.05, 3.63) is 72.1 Å². The highest BCUT2D eigenvalue weighted by atomic mass is 19.1. The number of carbonyl (C=O) groups excluding carboxylic acids is 1. The van der Waals surface area contributed by atoms with Gasteiger partial charge in [0.15, 0.2) is 0 Å². The normalized spacial score (nSPS) is 14.3. The molecule has 0 bridgehead atoms. The number of ether oxygens (including phenoxy) is 1. The number of aromatic nitrogens is 3. The zero-order valence-corrected chi connectivity index (χ0v) is 19.2. The second kappa shape index (κ2) is 9.69. The highest BCUT2D eigenvalue weighted by molar-refractivity contribution is 5.95. The summed E-state index contributed by atoms with van der Waals surface area (Å²) < 4.78 is 32.5. The maximum Gasteiger partial charge on any atom is 0.227 e. The molecule has 0 unspecified atom stereocenters. The monoisotopic (exact) mass is 477 g/mol. The highest BCUT2D eigenvalue weighted by Crippen LogP contribution is 2.34. The Morgan fingerprint density at radius 2 is 1.97 bits per heavy atom. The van der Waals surface area contributed by atoms with Crippen LogP contribution < -0.4 is 10.1 Å². The molecule has 35 heavy (non-hydrogen) atoms. The fourth-order valence-corrected chi connectivity index (χ4v) is 4.46. The molecule has 1 saturated heterocycles. The number of benzene rings is 2. The van der Waals surface area contributed by atoms with E-state index < -0.39 is 11.6 Å². The van der Waals surface area contributed by atoms with Gasteiger partial charge in [0.25, 0.3) is 0 Å². The highest BCUT2D eigenvalue weighted by Gasteiger charge is 2.24. The maximum absolute atomic E-state index is 13.9. The molecule has 1 aliphatic rings. The molecule has 0 saturated carbocycles. The van der Waals surface area contributed by atoms with Crippen LogP contribution in [0.4, 0.5) is 14.7 Å². The number of para-hydroxylation sites is 1. The van der Waals surface area contributed by atoms with Gasteiger partial charge in [-0.3, -0.25) is 4.79 Å². The lowest BCUT2D eigenvalue weighted by atomic mass is 10.0. The van der Waals surface area contributed by atoms with E-state index in [9.17, 15) is 13.6 Å². The van der Waals surface area contributed by atoms with E-state index in [1.807, 2.05) is 30.5 Å². The minimum absolute atomic E-state index is 0.0780. The third-order valence-corrected chi connectivity index (χ3v) is 6.37. The van der Waals surface area contributed by atoms with Gasteiger partial charge in [-0.2, -0.15) is 4.98 Å². The molecule has 1 amide bonds. The lowest BCUT2D eigenvalue weighted by Gasteiger charge is -2.32. The van der Waals surface area contributed by atoms with Crippen LogP contribution >= 0.6 is 0 Å². The number of aromatic amines is 1. The average molecular weight is 478 g/mol. The second-order valence-corrected chi connectivity index (χ2v) is 8.57. The van der Waals surface area contributed by atoms with Gasteiger partial charge in [0.1, 0.15) is 23.0 Å². The minimum Gasteiger partial charge on any atom is -0.496 e. The molecule has 2 aromatic carbocycles. The number of fused-ring (bicyclic) bond motifs is 1. The van der Waals surface area contributed by atoms with Crippen LogP contribution in [0.5, 0.6) is 5.75 Å². The van der Waals surface area contributed by atoms with Crippen molar-refractivity contribution in [3.8, 4) is 16.9 Å². The predicted octanol–water partition coefficient (Wildman–Crippen LogP) is 4.56. The topological polar surface area (TPSA) is 83.1 Å². The lowest BCUT2D eigenvalue weighted by Crippen LogP contribution is -2.43. The molecule has 1 aliphatic heterocycles. The van der Waals surface area contributed by atoms with Gasteiger partial charge in [-0.25, -0.2) is 13.8 Å². The SMILES string of the molecule is COc1ccccc1-c1c[nH]c2nc(NC3CCN(C(=O)Cc4ccc(F)cc4F)CC3)ncc12. The summed E-state index contributed by atoms with van der Waals surface area (Å²) in [6.07, 6.45) is 5.05. The maximum atomic E-state index is 13.9. The second-order valence-electron chi connectivity index (χ2n) is 8.57. The smallest absolute Gasteiger partial charge is 0.227 e. The summed E-state index contributed by atoms with van der Waals surface area (Å²) in [6, 6.07) is 11.2. The van der Waals surface area contributed by atoms with Crippen molar-refractivity contribution in [1.82, 2.24) is 19.9 Å². The first-order valence-electron chi connectivity index (χ1n) is 11.5. The van der Waals surface area contributed by atoms with Gasteiger partial charge < -0.3 is 19.9 Å². The number of rotatable bonds is 6. The number of hydrogen-bond acceptors (Lipinski definition) is 5. The van der Waals surface area contributed by atoms with E-state index in [0.29, 0.717) is 19.0 Å². The first-order chi connectivity index (χ1) is 17.0. The van der Waals surface area contributed by atoms with Crippen molar-refractivity contribution < 1.29 is 18.3 Å². The number of hydrogen-bond donors (Lipinski definition) is 2. The number of carbonyl (C=O) groups is 1. The summed E-state index contributed by atoms with van der Waals surface area (Å²) in [6.45, 7) is 1.09. The third kappa shape index (κ3) is 4.80. The molecular weight excluding hydrogens is 452 g/mol. The van der Waals surface area contributed by atoms with Crippen LogP contribution in [0, 0.1) is 11.6 Å². The zero-order valence-electron chi connectivity index (χ0n) is 19.2. The van der Waals surface area contributed by atoms with Crippen LogP contribution in [-0.2, 0) is 11.2 Å². The van der Waals surface area contributed by atoms with E-state index in [2.05, 4.69) is 20.3 Å². The number of amides is 1. The van der Waals surface area contributed by atoms with Crippen molar-refractivity contribution >= 4 is 22.9 Å². The molecule has 2 aromatic heterocycles. The van der Waals surface area contributed by atoms with Gasteiger partial charge in [-0.15, -0.1) is 0 Å². The average Bonchev–Trinajstić information content (AvgIpc) is 3.29. The van der Waals surface area contributed by atoms with E-state index in [4.69, 9.17) is 4.74 Å². The van der Waals surface area contributed by atoms with Crippen LogP contribution in [0.25, 0.3) is 22.2 Å². The number of methoxy groups -OCH3 is 1. The van der Waals surface area contributed by atoms with Crippen LogP contribution in [0.1, 0.15) is 18.4 Å². The Hall–Kier alpha value is -4.01. The molecule has 2 N–H and O–H groups in total. The molecule has 3 heterocycles. The zero-order chi connectivity index (χ0) is 24.4. The van der Waals surface area contributed by atoms with Gasteiger partial charge in [-0.1, -0.05) is 24.3 Å². The van der Waals surface area contributed by atoms with Gasteiger partial charge in [0.05, 0.1) is 13.5 Å². The van der Waals surface area contributed by atoms with Crippen LogP contribution in [0.15, 0.2) is 54.9 Å². The van der Waals surface area contributed by atoms with Crippen LogP contribution in [0.2, 0.25) is 0 Å². The number of piperidine rings is 1. The summed E-state index contributed by atoms with van der Waals surface area (Å²) in [5, 5.41) is 4.26. The number of nitrogens with zero attached hydrogens (tertiary/aromatic N) is 3. The van der Waals surface area contributed by atoms with Crippen molar-refractivity contribution in [1.29, 1.82) is 0 Å².